The standard InChI is InChI=1S/C30H29BrFN3O3/c1-19(2)37-26-14-4-21(5-15-26)16-17-34-29(36)20(3)38-30(34)27-18-35(25-12-8-23(31)9-13-25)33-28(27)22-6-10-24(32)11-7-22/h4-15,18-20,30H,16-17H2,1-3H3. The third kappa shape index (κ3) is 5.66. The fourth-order valence-corrected chi connectivity index (χ4v) is 4.79. The van der Waals surface area contributed by atoms with Crippen LogP contribution in [-0.2, 0) is 16.0 Å². The lowest BCUT2D eigenvalue weighted by Gasteiger charge is -2.23. The molecular formula is C30H29BrFN3O3. The van der Waals surface area contributed by atoms with Crippen LogP contribution in [0.2, 0.25) is 0 Å². The number of ether oxygens (including phenoxy) is 2. The number of aromatic nitrogens is 2. The van der Waals surface area contributed by atoms with E-state index in [1.165, 1.54) is 12.1 Å². The van der Waals surface area contributed by atoms with Crippen LogP contribution >= 0.6 is 15.9 Å². The highest BCUT2D eigenvalue weighted by atomic mass is 79.9. The lowest BCUT2D eigenvalue weighted by atomic mass is 10.1. The van der Waals surface area contributed by atoms with E-state index < -0.39 is 12.3 Å². The number of hydrogen-bond donors (Lipinski definition) is 0. The number of carbonyl (C=O) groups is 1. The van der Waals surface area contributed by atoms with E-state index in [-0.39, 0.29) is 17.8 Å². The van der Waals surface area contributed by atoms with Gasteiger partial charge in [0.1, 0.15) is 23.4 Å². The average Bonchev–Trinajstić information content (AvgIpc) is 3.45. The summed E-state index contributed by atoms with van der Waals surface area (Å²) in [5, 5.41) is 4.84. The van der Waals surface area contributed by atoms with Crippen LogP contribution in [-0.4, -0.2) is 39.3 Å². The molecule has 0 radical (unpaired) electrons. The quantitative estimate of drug-likeness (QED) is 0.233. The zero-order chi connectivity index (χ0) is 26.8. The Labute approximate surface area is 230 Å². The summed E-state index contributed by atoms with van der Waals surface area (Å²) < 4.78 is 28.4. The molecule has 38 heavy (non-hydrogen) atoms. The summed E-state index contributed by atoms with van der Waals surface area (Å²) in [4.78, 5) is 15.0. The predicted octanol–water partition coefficient (Wildman–Crippen LogP) is 6.72. The van der Waals surface area contributed by atoms with Crippen molar-refractivity contribution in [3.8, 4) is 22.7 Å². The Kier molecular flexibility index (Phi) is 7.63. The summed E-state index contributed by atoms with van der Waals surface area (Å²) in [7, 11) is 0. The number of amides is 1. The number of halogens is 2. The van der Waals surface area contributed by atoms with Gasteiger partial charge in [-0.1, -0.05) is 28.1 Å². The SMILES string of the molecule is CC(C)Oc1ccc(CCN2C(=O)C(C)OC2c2cn(-c3ccc(Br)cc3)nc2-c2ccc(F)cc2)cc1. The van der Waals surface area contributed by atoms with Gasteiger partial charge in [0.05, 0.1) is 11.8 Å². The molecule has 4 aromatic rings. The van der Waals surface area contributed by atoms with E-state index >= 15 is 0 Å². The smallest absolute Gasteiger partial charge is 0.253 e. The molecule has 0 bridgehead atoms. The molecule has 2 atom stereocenters. The highest BCUT2D eigenvalue weighted by Crippen LogP contribution is 2.37. The van der Waals surface area contributed by atoms with Gasteiger partial charge in [-0.2, -0.15) is 5.10 Å². The van der Waals surface area contributed by atoms with Gasteiger partial charge >= 0.3 is 0 Å². The van der Waals surface area contributed by atoms with Crippen LogP contribution in [0.25, 0.3) is 16.9 Å². The molecule has 1 saturated heterocycles. The van der Waals surface area contributed by atoms with Crippen LogP contribution in [0.15, 0.2) is 83.5 Å². The molecule has 1 amide bonds. The number of carbonyl (C=O) groups excluding carboxylic acids is 1. The van der Waals surface area contributed by atoms with E-state index in [0.29, 0.717) is 18.7 Å². The molecule has 1 aromatic heterocycles. The topological polar surface area (TPSA) is 56.6 Å². The van der Waals surface area contributed by atoms with Crippen LogP contribution < -0.4 is 4.74 Å². The molecule has 2 unspecified atom stereocenters. The second-order valence-corrected chi connectivity index (χ2v) is 10.5. The summed E-state index contributed by atoms with van der Waals surface area (Å²) in [6, 6.07) is 21.9. The molecular weight excluding hydrogens is 549 g/mol. The number of benzene rings is 3. The summed E-state index contributed by atoms with van der Waals surface area (Å²) in [6.45, 7) is 6.23. The van der Waals surface area contributed by atoms with Crippen LogP contribution in [0.4, 0.5) is 4.39 Å². The third-order valence-corrected chi connectivity index (χ3v) is 6.93. The molecule has 0 spiro atoms. The minimum atomic E-state index is -0.620. The van der Waals surface area contributed by atoms with Crippen molar-refractivity contribution < 1.29 is 18.7 Å². The first-order valence-electron chi connectivity index (χ1n) is 12.6. The van der Waals surface area contributed by atoms with Gasteiger partial charge in [-0.05, 0) is 93.4 Å². The Morgan fingerprint density at radius 2 is 1.71 bits per heavy atom. The van der Waals surface area contributed by atoms with Crippen molar-refractivity contribution >= 4 is 21.8 Å². The minimum Gasteiger partial charge on any atom is -0.491 e. The molecule has 1 aliphatic rings. The van der Waals surface area contributed by atoms with Crippen molar-refractivity contribution in [2.45, 2.75) is 45.6 Å². The maximum absolute atomic E-state index is 13.7. The van der Waals surface area contributed by atoms with Gasteiger partial charge in [-0.25, -0.2) is 9.07 Å². The van der Waals surface area contributed by atoms with E-state index in [4.69, 9.17) is 14.6 Å². The lowest BCUT2D eigenvalue weighted by Crippen LogP contribution is -2.32. The Hall–Kier alpha value is -3.49. The van der Waals surface area contributed by atoms with Crippen molar-refractivity contribution in [1.29, 1.82) is 0 Å². The average molecular weight is 578 g/mol. The number of nitrogens with zero attached hydrogens (tertiary/aromatic N) is 3. The van der Waals surface area contributed by atoms with Crippen LogP contribution in [0, 0.1) is 5.82 Å². The number of rotatable bonds is 8. The van der Waals surface area contributed by atoms with Crippen molar-refractivity contribution in [3.63, 3.8) is 0 Å². The van der Waals surface area contributed by atoms with Crippen LogP contribution in [0.5, 0.6) is 5.75 Å². The Morgan fingerprint density at radius 3 is 2.37 bits per heavy atom. The van der Waals surface area contributed by atoms with Crippen molar-refractivity contribution in [2.75, 3.05) is 6.54 Å². The van der Waals surface area contributed by atoms with Gasteiger partial charge in [0.25, 0.3) is 5.91 Å². The Bertz CT molecular complexity index is 1400. The highest BCUT2D eigenvalue weighted by molar-refractivity contribution is 9.10. The first-order valence-corrected chi connectivity index (χ1v) is 13.4. The molecule has 2 heterocycles. The van der Waals surface area contributed by atoms with Gasteiger partial charge in [0, 0.05) is 28.3 Å². The minimum absolute atomic E-state index is 0.0730. The molecule has 3 aromatic carbocycles. The second kappa shape index (κ2) is 11.1. The molecule has 8 heteroatoms. The zero-order valence-electron chi connectivity index (χ0n) is 21.5. The molecule has 6 nitrogen and oxygen atoms in total. The van der Waals surface area contributed by atoms with Gasteiger partial charge in [-0.3, -0.25) is 4.79 Å². The summed E-state index contributed by atoms with van der Waals surface area (Å²) >= 11 is 3.47. The fraction of sp³-hybridized carbons (Fsp3) is 0.267. The molecule has 196 valence electrons. The third-order valence-electron chi connectivity index (χ3n) is 6.40. The summed E-state index contributed by atoms with van der Waals surface area (Å²) in [5.74, 6) is 0.423. The largest absolute Gasteiger partial charge is 0.491 e. The molecule has 0 aliphatic carbocycles. The molecule has 0 N–H and O–H groups in total. The van der Waals surface area contributed by atoms with E-state index in [1.807, 2.05) is 68.6 Å². The monoisotopic (exact) mass is 577 g/mol. The van der Waals surface area contributed by atoms with Gasteiger partial charge in [0.15, 0.2) is 6.23 Å². The first kappa shape index (κ1) is 26.1. The highest BCUT2D eigenvalue weighted by Gasteiger charge is 2.40. The first-order chi connectivity index (χ1) is 18.3. The Balaban J connectivity index is 1.46. The van der Waals surface area contributed by atoms with Crippen molar-refractivity contribution in [1.82, 2.24) is 14.7 Å². The van der Waals surface area contributed by atoms with E-state index in [1.54, 1.807) is 28.6 Å². The lowest BCUT2D eigenvalue weighted by molar-refractivity contribution is -0.130. The van der Waals surface area contributed by atoms with Gasteiger partial charge in [-0.15, -0.1) is 0 Å². The van der Waals surface area contributed by atoms with Gasteiger partial charge < -0.3 is 14.4 Å². The second-order valence-electron chi connectivity index (χ2n) is 9.58. The van der Waals surface area contributed by atoms with Crippen LogP contribution in [0.1, 0.15) is 38.1 Å². The van der Waals surface area contributed by atoms with Crippen molar-refractivity contribution in [3.05, 3.63) is 100 Å². The maximum atomic E-state index is 13.7. The van der Waals surface area contributed by atoms with Crippen molar-refractivity contribution in [2.24, 2.45) is 0 Å². The van der Waals surface area contributed by atoms with Gasteiger partial charge in [0.2, 0.25) is 0 Å². The molecule has 1 aliphatic heterocycles. The Morgan fingerprint density at radius 1 is 1.03 bits per heavy atom. The maximum Gasteiger partial charge on any atom is 0.253 e. The summed E-state index contributed by atoms with van der Waals surface area (Å²) in [5.41, 5.74) is 4.08. The van der Waals surface area contributed by atoms with Crippen LogP contribution in [0.3, 0.4) is 0 Å². The normalized spacial score (nSPS) is 17.4. The molecule has 0 saturated carbocycles. The van der Waals surface area contributed by atoms with E-state index in [2.05, 4.69) is 15.9 Å². The van der Waals surface area contributed by atoms with E-state index in [0.717, 1.165) is 32.6 Å². The number of hydrogen-bond acceptors (Lipinski definition) is 4. The predicted molar refractivity (Wildman–Crippen MR) is 148 cm³/mol. The van der Waals surface area contributed by atoms with E-state index in [9.17, 15) is 9.18 Å². The molecule has 5 rings (SSSR count). The molecule has 1 fully saturated rings. The zero-order valence-corrected chi connectivity index (χ0v) is 23.1. The fourth-order valence-electron chi connectivity index (χ4n) is 4.53. The summed E-state index contributed by atoms with van der Waals surface area (Å²) in [6.07, 6.45) is 1.45.